The lowest BCUT2D eigenvalue weighted by Gasteiger charge is -2.56. The van der Waals surface area contributed by atoms with Crippen molar-refractivity contribution in [1.29, 1.82) is 0 Å². The Labute approximate surface area is 257 Å². The third-order valence-electron chi connectivity index (χ3n) is 9.48. The predicted octanol–water partition coefficient (Wildman–Crippen LogP) is 3.92. The van der Waals surface area contributed by atoms with Crippen molar-refractivity contribution in [2.45, 2.75) is 57.7 Å². The maximum atomic E-state index is 13.8. The Kier molecular flexibility index (Phi) is 14.0. The third-order valence-corrected chi connectivity index (χ3v) is 9.48. The van der Waals surface area contributed by atoms with Crippen LogP contribution in [-0.2, 0) is 22.7 Å². The van der Waals surface area contributed by atoms with Crippen molar-refractivity contribution in [3.63, 3.8) is 0 Å². The summed E-state index contributed by atoms with van der Waals surface area (Å²) in [6.07, 6.45) is 7.43. The van der Waals surface area contributed by atoms with Crippen molar-refractivity contribution in [2.24, 2.45) is 23.2 Å². The van der Waals surface area contributed by atoms with Gasteiger partial charge in [0.2, 0.25) is 5.91 Å². The van der Waals surface area contributed by atoms with E-state index >= 15 is 0 Å². The first kappa shape index (κ1) is 35.5. The zero-order valence-electron chi connectivity index (χ0n) is 24.0. The molecule has 41 heavy (non-hydrogen) atoms. The fraction of sp³-hybridized carbons (Fsp3) is 0.594. The van der Waals surface area contributed by atoms with Gasteiger partial charge in [-0.2, -0.15) is 0 Å². The van der Waals surface area contributed by atoms with Crippen LogP contribution in [-0.4, -0.2) is 72.0 Å². The second-order valence-electron chi connectivity index (χ2n) is 12.4. The van der Waals surface area contributed by atoms with E-state index in [0.717, 1.165) is 76.3 Å². The van der Waals surface area contributed by atoms with E-state index in [1.807, 2.05) is 6.07 Å². The summed E-state index contributed by atoms with van der Waals surface area (Å²) in [6, 6.07) is 21.2. The minimum absolute atomic E-state index is 0. The number of halogens is 2. The zero-order chi connectivity index (χ0) is 25.1. The van der Waals surface area contributed by atoms with Gasteiger partial charge in [0.25, 0.3) is 0 Å². The first-order valence-corrected chi connectivity index (χ1v) is 14.5. The van der Waals surface area contributed by atoms with Crippen LogP contribution >= 0.6 is 24.8 Å². The summed E-state index contributed by atoms with van der Waals surface area (Å²) >= 11 is 0. The average molecular weight is 611 g/mol. The summed E-state index contributed by atoms with van der Waals surface area (Å²) < 4.78 is 6.19. The highest BCUT2D eigenvalue weighted by molar-refractivity contribution is 5.85. The Morgan fingerprint density at radius 1 is 0.780 bits per heavy atom. The van der Waals surface area contributed by atoms with Crippen LogP contribution in [0.1, 0.15) is 49.7 Å². The average Bonchev–Trinajstić information content (AvgIpc) is 2.90. The van der Waals surface area contributed by atoms with Gasteiger partial charge in [0.1, 0.15) is 0 Å². The number of ether oxygens (including phenoxy) is 1. The Morgan fingerprint density at radius 3 is 1.80 bits per heavy atom. The lowest BCUT2D eigenvalue weighted by atomic mass is 9.49. The lowest BCUT2D eigenvalue weighted by Crippen LogP contribution is -2.58. The fourth-order valence-corrected chi connectivity index (χ4v) is 8.04. The van der Waals surface area contributed by atoms with Gasteiger partial charge in [0.15, 0.2) is 0 Å². The molecule has 5 N–H and O–H groups in total. The highest BCUT2D eigenvalue weighted by atomic mass is 35.5. The van der Waals surface area contributed by atoms with Crippen molar-refractivity contribution in [3.05, 3.63) is 71.8 Å². The minimum Gasteiger partial charge on any atom is -0.412 e. The molecule has 4 aliphatic carbocycles. The molecule has 7 nitrogen and oxygen atoms in total. The molecule has 1 aliphatic heterocycles. The van der Waals surface area contributed by atoms with E-state index in [4.69, 9.17) is 4.74 Å². The van der Waals surface area contributed by atoms with Gasteiger partial charge < -0.3 is 21.0 Å². The molecular weight excluding hydrogens is 561 g/mol. The number of benzene rings is 2. The van der Waals surface area contributed by atoms with Gasteiger partial charge in [-0.05, 0) is 67.4 Å². The van der Waals surface area contributed by atoms with Gasteiger partial charge in [-0.25, -0.2) is 0 Å². The normalized spacial score (nSPS) is 27.4. The maximum absolute atomic E-state index is 13.8. The molecule has 1 saturated heterocycles. The zero-order valence-corrected chi connectivity index (χ0v) is 25.6. The van der Waals surface area contributed by atoms with Gasteiger partial charge in [-0.3, -0.25) is 14.6 Å². The molecule has 4 bridgehead atoms. The second kappa shape index (κ2) is 16.2. The molecule has 0 aromatic heterocycles. The number of nitrogens with one attached hydrogen (secondary N) is 1. The molecule has 2 aromatic rings. The first-order chi connectivity index (χ1) is 18.1. The van der Waals surface area contributed by atoms with Gasteiger partial charge in [0.05, 0.1) is 19.3 Å². The lowest BCUT2D eigenvalue weighted by molar-refractivity contribution is -0.147. The second-order valence-corrected chi connectivity index (χ2v) is 12.4. The minimum atomic E-state index is -0.110. The van der Waals surface area contributed by atoms with E-state index < -0.39 is 0 Å². The largest absolute Gasteiger partial charge is 0.412 e. The first-order valence-electron chi connectivity index (χ1n) is 14.5. The molecule has 5 aliphatic rings. The van der Waals surface area contributed by atoms with Crippen LogP contribution in [0.25, 0.3) is 0 Å². The molecule has 4 saturated carbocycles. The number of carbonyl (C=O) groups is 1. The summed E-state index contributed by atoms with van der Waals surface area (Å²) in [7, 11) is 0. The highest BCUT2D eigenvalue weighted by Gasteiger charge is 2.54. The van der Waals surface area contributed by atoms with Crippen LogP contribution < -0.4 is 5.32 Å². The molecule has 1 heterocycles. The molecule has 0 radical (unpaired) electrons. The number of rotatable bonds is 10. The quantitative estimate of drug-likeness (QED) is 0.440. The van der Waals surface area contributed by atoms with Gasteiger partial charge in [-0.15, -0.1) is 24.8 Å². The molecular formula is C32H49Cl2N3O4. The summed E-state index contributed by atoms with van der Waals surface area (Å²) in [6.45, 7) is 7.25. The van der Waals surface area contributed by atoms with Crippen LogP contribution in [0.15, 0.2) is 60.7 Å². The number of hydrogen-bond donors (Lipinski definition) is 1. The van der Waals surface area contributed by atoms with E-state index in [0.29, 0.717) is 19.1 Å². The van der Waals surface area contributed by atoms with Gasteiger partial charge in [-0.1, -0.05) is 60.7 Å². The molecule has 7 rings (SSSR count). The van der Waals surface area contributed by atoms with Crippen molar-refractivity contribution >= 4 is 30.7 Å². The predicted molar refractivity (Wildman–Crippen MR) is 169 cm³/mol. The van der Waals surface area contributed by atoms with Crippen molar-refractivity contribution in [2.75, 3.05) is 39.3 Å². The molecule has 0 spiro atoms. The number of hydrogen-bond acceptors (Lipinski definition) is 4. The molecule has 2 aromatic carbocycles. The van der Waals surface area contributed by atoms with Crippen molar-refractivity contribution < 1.29 is 20.5 Å². The van der Waals surface area contributed by atoms with E-state index in [1.54, 1.807) is 0 Å². The molecule has 1 atom stereocenters. The number of piperazine rings is 1. The van der Waals surface area contributed by atoms with Crippen LogP contribution in [0.2, 0.25) is 0 Å². The van der Waals surface area contributed by atoms with Crippen molar-refractivity contribution in [3.8, 4) is 0 Å². The van der Waals surface area contributed by atoms with E-state index in [9.17, 15) is 4.79 Å². The Hall–Kier alpha value is -1.71. The standard InChI is InChI=1S/C32H43N3O2.2ClH.2H2O/c36-31(32-18-27-15-28(19-32)17-29(16-27)20-32)33-30(24-37-23-26-9-5-2-6-10-26)22-35-13-11-34(12-14-35)21-25-7-3-1-4-8-25;;;;/h1-10,27-30H,11-24H2,(H,33,36);2*1H;2*1H2/t27?,28?,29?,30-,32?;;;;/m1..../s1. The maximum Gasteiger partial charge on any atom is 0.226 e. The summed E-state index contributed by atoms with van der Waals surface area (Å²) in [4.78, 5) is 18.9. The monoisotopic (exact) mass is 609 g/mol. The van der Waals surface area contributed by atoms with Gasteiger partial charge >= 0.3 is 0 Å². The molecule has 230 valence electrons. The number of nitrogens with zero attached hydrogens (tertiary/aromatic N) is 2. The number of carbonyl (C=O) groups excluding carboxylic acids is 1. The fourth-order valence-electron chi connectivity index (χ4n) is 8.04. The molecule has 1 amide bonds. The van der Waals surface area contributed by atoms with Crippen LogP contribution in [0.3, 0.4) is 0 Å². The Balaban J connectivity index is 0.00000147. The van der Waals surface area contributed by atoms with Crippen LogP contribution in [0, 0.1) is 23.2 Å². The SMILES string of the molecule is Cl.Cl.O.O.O=C(N[C@@H](COCc1ccccc1)CN1CCN(Cc2ccccc2)CC1)C12CC3CC(CC(C3)C1)C2. The molecule has 9 heteroatoms. The topological polar surface area (TPSA) is 108 Å². The Morgan fingerprint density at radius 2 is 1.27 bits per heavy atom. The van der Waals surface area contributed by atoms with E-state index in [2.05, 4.69) is 69.7 Å². The molecule has 0 unspecified atom stereocenters. The summed E-state index contributed by atoms with van der Waals surface area (Å²) in [5, 5.41) is 3.54. The van der Waals surface area contributed by atoms with Crippen molar-refractivity contribution in [1.82, 2.24) is 15.1 Å². The van der Waals surface area contributed by atoms with E-state index in [1.165, 1.54) is 30.4 Å². The van der Waals surface area contributed by atoms with Crippen LogP contribution in [0.5, 0.6) is 0 Å². The molecule has 5 fully saturated rings. The summed E-state index contributed by atoms with van der Waals surface area (Å²) in [5.74, 6) is 2.66. The van der Waals surface area contributed by atoms with E-state index in [-0.39, 0.29) is 47.2 Å². The third kappa shape index (κ3) is 8.90. The van der Waals surface area contributed by atoms with Gasteiger partial charge in [0, 0.05) is 44.7 Å². The highest BCUT2D eigenvalue weighted by Crippen LogP contribution is 2.60. The summed E-state index contributed by atoms with van der Waals surface area (Å²) in [5.41, 5.74) is 2.45. The van der Waals surface area contributed by atoms with Crippen LogP contribution in [0.4, 0.5) is 0 Å². The number of amides is 1. The smallest absolute Gasteiger partial charge is 0.226 e. The Bertz CT molecular complexity index is 1000.